The number of hydrogen-bond donors (Lipinski definition) is 6. The van der Waals surface area contributed by atoms with Crippen LogP contribution >= 0.6 is 63.7 Å². The van der Waals surface area contributed by atoms with Crippen molar-refractivity contribution < 1.29 is 51.7 Å². The van der Waals surface area contributed by atoms with Crippen LogP contribution in [0.1, 0.15) is 22.3 Å². The molecular weight excluding hydrogens is 992 g/mol. The number of rotatable bonds is 2. The van der Waals surface area contributed by atoms with Crippen LogP contribution in [-0.2, 0) is 45.7 Å². The minimum Gasteiger partial charge on any atom is -0.504 e. The minimum absolute atomic E-state index is 0.00295. The number of phenolic OH excluding ortho intramolecular Hbond substituents is 1. The van der Waals surface area contributed by atoms with Gasteiger partial charge < -0.3 is 39.8 Å². The van der Waals surface area contributed by atoms with Crippen LogP contribution in [-0.4, -0.2) is 64.8 Å². The fourth-order valence-corrected chi connectivity index (χ4v) is 8.17. The van der Waals surface area contributed by atoms with E-state index in [1.54, 1.807) is 42.5 Å². The van der Waals surface area contributed by atoms with Gasteiger partial charge in [-0.15, -0.1) is 0 Å². The fraction of sp³-hybridized carbons (Fsp3) is 0.176. The second-order valence-corrected chi connectivity index (χ2v) is 16.0. The second-order valence-electron chi connectivity index (χ2n) is 11.5. The zero-order chi connectivity index (χ0) is 39.2. The van der Waals surface area contributed by atoms with Crippen LogP contribution in [0.5, 0.6) is 34.5 Å². The summed E-state index contributed by atoms with van der Waals surface area (Å²) >= 11 is 13.5. The summed E-state index contributed by atoms with van der Waals surface area (Å²) in [5, 5.41) is 41.7. The summed E-state index contributed by atoms with van der Waals surface area (Å²) in [6, 6.07) is 15.9. The summed E-state index contributed by atoms with van der Waals surface area (Å²) in [7, 11) is -5.04. The molecule has 4 aromatic carbocycles. The van der Waals surface area contributed by atoms with Crippen molar-refractivity contribution in [1.29, 1.82) is 0 Å². The molecule has 8 bridgehead atoms. The highest BCUT2D eigenvalue weighted by Crippen LogP contribution is 2.45. The summed E-state index contributed by atoms with van der Waals surface area (Å²) < 4.78 is 51.1. The second kappa shape index (κ2) is 17.9. The molecule has 2 amide bonds. The average Bonchev–Trinajstić information content (AvgIpc) is 3.10. The minimum atomic E-state index is -5.04. The standard InChI is InChI=1S/C34H28Br4N4O11S/c35-21-9-17-2-4-28(21)51-29-15-18(1-3-27(29)43)6-8-40-34(45)26(42-47)14-20-12-24(38)32(53-54(48,49)50)30(16-20)52-31-22(36)10-19(11-23(31)37)13-25(41-46)33(44)39-7-5-17/h1-4,9-12,15-16,43,46-47H,5-8,13-14H2,(H,39,44)(H,40,45)(H,48,49,50)/b41-25+,42-26+. The van der Waals surface area contributed by atoms with Gasteiger partial charge in [0.15, 0.2) is 23.0 Å². The first-order valence-electron chi connectivity index (χ1n) is 15.6. The summed E-state index contributed by atoms with van der Waals surface area (Å²) in [6.07, 6.45) is 0.363. The Balaban J connectivity index is 1.51. The fourth-order valence-electron chi connectivity index (χ4n) is 5.16. The number of aromatic hydroxyl groups is 1. The van der Waals surface area contributed by atoms with E-state index >= 15 is 0 Å². The molecule has 3 aliphatic heterocycles. The molecule has 284 valence electrons. The molecule has 3 heterocycles. The summed E-state index contributed by atoms with van der Waals surface area (Å²) in [5.74, 6) is -1.42. The van der Waals surface area contributed by atoms with Crippen LogP contribution in [0.4, 0.5) is 0 Å². The predicted molar refractivity (Wildman–Crippen MR) is 210 cm³/mol. The van der Waals surface area contributed by atoms with Gasteiger partial charge in [-0.25, -0.2) is 0 Å². The van der Waals surface area contributed by atoms with Crippen LogP contribution in [0.3, 0.4) is 0 Å². The number of phenols is 1. The quantitative estimate of drug-likeness (QED) is 0.0682. The van der Waals surface area contributed by atoms with Crippen LogP contribution in [0.25, 0.3) is 0 Å². The molecule has 0 atom stereocenters. The van der Waals surface area contributed by atoms with E-state index in [1.807, 2.05) is 0 Å². The molecule has 4 aromatic rings. The molecule has 20 heteroatoms. The lowest BCUT2D eigenvalue weighted by atomic mass is 10.1. The van der Waals surface area contributed by atoms with Crippen molar-refractivity contribution in [3.05, 3.63) is 101 Å². The highest BCUT2D eigenvalue weighted by Gasteiger charge is 2.24. The first-order chi connectivity index (χ1) is 25.6. The normalized spacial score (nSPS) is 16.2. The molecular formula is C34H28Br4N4O11S. The van der Waals surface area contributed by atoms with Crippen molar-refractivity contribution in [3.63, 3.8) is 0 Å². The SMILES string of the molecule is O=C1NCCc2ccc(c(Br)c2)Oc2cc(ccc2O)CCNC(=O)/C(=N/O)Cc2cc(Br)c(OS(=O)(=O)O)c(c2)Oc2c(Br)cc(cc2Br)C/C1=N\O. The van der Waals surface area contributed by atoms with E-state index < -0.39 is 28.0 Å². The molecule has 0 saturated heterocycles. The van der Waals surface area contributed by atoms with Crippen LogP contribution in [0.2, 0.25) is 0 Å². The third-order valence-corrected chi connectivity index (χ3v) is 10.4. The average molecular weight is 1020 g/mol. The van der Waals surface area contributed by atoms with E-state index in [1.165, 1.54) is 18.2 Å². The maximum Gasteiger partial charge on any atom is 0.446 e. The lowest BCUT2D eigenvalue weighted by Gasteiger charge is -2.17. The van der Waals surface area contributed by atoms with Gasteiger partial charge in [-0.3, -0.25) is 14.1 Å². The Morgan fingerprint density at radius 1 is 0.648 bits per heavy atom. The van der Waals surface area contributed by atoms with Crippen molar-refractivity contribution in [2.75, 3.05) is 13.1 Å². The molecule has 0 radical (unpaired) electrons. The first kappa shape index (κ1) is 41.0. The Kier molecular flexibility index (Phi) is 13.6. The maximum atomic E-state index is 13.1. The van der Waals surface area contributed by atoms with Gasteiger partial charge >= 0.3 is 10.4 Å². The number of nitrogens with one attached hydrogen (secondary N) is 2. The number of hydrogen-bond acceptors (Lipinski definition) is 12. The summed E-state index contributed by atoms with van der Waals surface area (Å²) in [4.78, 5) is 26.1. The number of nitrogens with zero attached hydrogens (tertiary/aromatic N) is 2. The summed E-state index contributed by atoms with van der Waals surface area (Å²) in [6.45, 7) is 0.318. The first-order valence-corrected chi connectivity index (χ1v) is 20.1. The van der Waals surface area contributed by atoms with Crippen LogP contribution in [0, 0.1) is 0 Å². The zero-order valence-corrected chi connectivity index (χ0v) is 34.6. The van der Waals surface area contributed by atoms with E-state index in [2.05, 4.69) is 84.7 Å². The number of halogens is 4. The largest absolute Gasteiger partial charge is 0.504 e. The zero-order valence-electron chi connectivity index (χ0n) is 27.5. The van der Waals surface area contributed by atoms with E-state index in [0.29, 0.717) is 48.7 Å². The predicted octanol–water partition coefficient (Wildman–Crippen LogP) is 6.99. The molecule has 0 aromatic heterocycles. The van der Waals surface area contributed by atoms with Crippen molar-refractivity contribution in [2.24, 2.45) is 10.3 Å². The van der Waals surface area contributed by atoms with Crippen molar-refractivity contribution in [1.82, 2.24) is 10.6 Å². The third-order valence-electron chi connectivity index (χ3n) is 7.68. The van der Waals surface area contributed by atoms with Gasteiger partial charge in [-0.1, -0.05) is 22.4 Å². The monoisotopic (exact) mass is 1020 g/mol. The smallest absolute Gasteiger partial charge is 0.446 e. The number of fused-ring (bicyclic) bond motifs is 2. The summed E-state index contributed by atoms with van der Waals surface area (Å²) in [5.41, 5.74) is 1.87. The van der Waals surface area contributed by atoms with Gasteiger partial charge in [0.2, 0.25) is 5.75 Å². The molecule has 0 aliphatic carbocycles. The van der Waals surface area contributed by atoms with Crippen molar-refractivity contribution >= 4 is 97.4 Å². The molecule has 7 rings (SSSR count). The Bertz CT molecular complexity index is 2260. The molecule has 0 spiro atoms. The molecule has 15 nitrogen and oxygen atoms in total. The Morgan fingerprint density at radius 3 is 1.70 bits per heavy atom. The van der Waals surface area contributed by atoms with E-state index in [9.17, 15) is 38.1 Å². The molecule has 0 fully saturated rings. The third kappa shape index (κ3) is 10.7. The Hall–Kier alpha value is -4.21. The van der Waals surface area contributed by atoms with Gasteiger partial charge in [-0.2, -0.15) is 8.42 Å². The number of oxime groups is 2. The maximum absolute atomic E-state index is 13.1. The van der Waals surface area contributed by atoms with Crippen molar-refractivity contribution in [2.45, 2.75) is 25.7 Å². The molecule has 0 unspecified atom stereocenters. The highest BCUT2D eigenvalue weighted by atomic mass is 79.9. The van der Waals surface area contributed by atoms with E-state index in [4.69, 9.17) is 13.7 Å². The van der Waals surface area contributed by atoms with Crippen LogP contribution in [0.15, 0.2) is 88.9 Å². The number of benzene rings is 4. The lowest BCUT2D eigenvalue weighted by molar-refractivity contribution is -0.115. The van der Waals surface area contributed by atoms with Gasteiger partial charge in [0, 0.05) is 25.9 Å². The topological polar surface area (TPSA) is 226 Å². The molecule has 6 N–H and O–H groups in total. The molecule has 0 saturated carbocycles. The number of carbonyl (C=O) groups is 2. The Labute approximate surface area is 341 Å². The van der Waals surface area contributed by atoms with Gasteiger partial charge in [0.25, 0.3) is 11.8 Å². The van der Waals surface area contributed by atoms with E-state index in [-0.39, 0.29) is 64.8 Å². The molecule has 54 heavy (non-hydrogen) atoms. The highest BCUT2D eigenvalue weighted by molar-refractivity contribution is 9.11. The number of carbonyl (C=O) groups excluding carboxylic acids is 2. The van der Waals surface area contributed by atoms with E-state index in [0.717, 1.165) is 5.56 Å². The van der Waals surface area contributed by atoms with Crippen LogP contribution < -0.4 is 24.3 Å². The van der Waals surface area contributed by atoms with Gasteiger partial charge in [0.05, 0.1) is 17.9 Å². The lowest BCUT2D eigenvalue weighted by Crippen LogP contribution is -2.33. The number of ether oxygens (including phenoxy) is 2. The van der Waals surface area contributed by atoms with Gasteiger partial charge in [-0.05, 0) is 147 Å². The van der Waals surface area contributed by atoms with Gasteiger partial charge in [0.1, 0.15) is 17.2 Å². The van der Waals surface area contributed by atoms with Crippen molar-refractivity contribution in [3.8, 4) is 34.5 Å². The Morgan fingerprint density at radius 2 is 1.15 bits per heavy atom. The molecule has 3 aliphatic rings. The number of amides is 2.